The average Bonchev–Trinajstić information content (AvgIpc) is 3.12. The number of fused-ring (bicyclic) bond motifs is 1. The number of aliphatic imine (C=N–C) groups is 1. The second kappa shape index (κ2) is 12.0. The zero-order chi connectivity index (χ0) is 20.4. The minimum Gasteiger partial charge on any atom is -0.386 e. The summed E-state index contributed by atoms with van der Waals surface area (Å²) >= 11 is 1.63. The summed E-state index contributed by atoms with van der Waals surface area (Å²) in [5.41, 5.74) is 0. The van der Waals surface area contributed by atoms with Crippen LogP contribution in [0.25, 0.3) is 10.1 Å². The molecule has 7 heteroatoms. The monoisotopic (exact) mass is 406 g/mol. The van der Waals surface area contributed by atoms with Crippen molar-refractivity contribution in [3.8, 4) is 0 Å². The van der Waals surface area contributed by atoms with Gasteiger partial charge in [0.05, 0.1) is 12.6 Å². The molecule has 0 amide bonds. The smallest absolute Gasteiger partial charge is 0.191 e. The van der Waals surface area contributed by atoms with Gasteiger partial charge in [-0.1, -0.05) is 18.2 Å². The number of ether oxygens (including phenoxy) is 1. The van der Waals surface area contributed by atoms with Gasteiger partial charge < -0.3 is 25.4 Å². The van der Waals surface area contributed by atoms with Crippen molar-refractivity contribution >= 4 is 27.4 Å². The maximum atomic E-state index is 10.6. The largest absolute Gasteiger partial charge is 0.386 e. The molecule has 0 saturated carbocycles. The van der Waals surface area contributed by atoms with Gasteiger partial charge in [-0.15, -0.1) is 11.3 Å². The fourth-order valence-corrected chi connectivity index (χ4v) is 3.91. The first kappa shape index (κ1) is 22.6. The molecular formula is C21H34N4O2S. The van der Waals surface area contributed by atoms with Crippen LogP contribution < -0.4 is 10.6 Å². The Morgan fingerprint density at radius 1 is 1.25 bits per heavy atom. The van der Waals surface area contributed by atoms with Crippen LogP contribution in [-0.2, 0) is 4.74 Å². The standard InChI is InChI=1S/C21H34N4O2S/c1-5-22-21(23-14-17(27-6-2)11-12-25(3)4)24-15-18(26)20-13-16-9-7-8-10-19(16)28-20/h7-10,13,17-18,26H,5-6,11-12,14-15H2,1-4H3,(H2,22,23,24). The van der Waals surface area contributed by atoms with E-state index < -0.39 is 6.10 Å². The fraction of sp³-hybridized carbons (Fsp3) is 0.571. The lowest BCUT2D eigenvalue weighted by Gasteiger charge is -2.19. The number of thiophene rings is 1. The van der Waals surface area contributed by atoms with Crippen LogP contribution in [0.5, 0.6) is 0 Å². The topological polar surface area (TPSA) is 69.1 Å². The number of hydrogen-bond donors (Lipinski definition) is 3. The minimum absolute atomic E-state index is 0.0929. The summed E-state index contributed by atoms with van der Waals surface area (Å²) < 4.78 is 7.00. The maximum absolute atomic E-state index is 10.6. The van der Waals surface area contributed by atoms with Gasteiger partial charge in [0.1, 0.15) is 6.10 Å². The van der Waals surface area contributed by atoms with Crippen molar-refractivity contribution in [3.05, 3.63) is 35.2 Å². The number of benzene rings is 1. The molecule has 156 valence electrons. The number of aliphatic hydroxyl groups excluding tert-OH is 1. The predicted octanol–water partition coefficient (Wildman–Crippen LogP) is 2.85. The molecule has 1 aromatic heterocycles. The summed E-state index contributed by atoms with van der Waals surface area (Å²) in [5.74, 6) is 0.706. The van der Waals surface area contributed by atoms with E-state index in [9.17, 15) is 5.11 Å². The molecule has 2 unspecified atom stereocenters. The predicted molar refractivity (Wildman–Crippen MR) is 119 cm³/mol. The zero-order valence-electron chi connectivity index (χ0n) is 17.4. The van der Waals surface area contributed by atoms with Crippen LogP contribution in [0, 0.1) is 0 Å². The van der Waals surface area contributed by atoms with Crippen LogP contribution >= 0.6 is 11.3 Å². The summed E-state index contributed by atoms with van der Waals surface area (Å²) in [5, 5.41) is 18.2. The lowest BCUT2D eigenvalue weighted by Crippen LogP contribution is -2.40. The van der Waals surface area contributed by atoms with Gasteiger partial charge in [-0.05, 0) is 51.9 Å². The van der Waals surface area contributed by atoms with E-state index in [4.69, 9.17) is 4.74 Å². The highest BCUT2D eigenvalue weighted by atomic mass is 32.1. The summed E-state index contributed by atoms with van der Waals surface area (Å²) in [6, 6.07) is 10.3. The lowest BCUT2D eigenvalue weighted by atomic mass is 10.2. The van der Waals surface area contributed by atoms with Gasteiger partial charge in [0.15, 0.2) is 5.96 Å². The molecule has 0 aliphatic heterocycles. The summed E-state index contributed by atoms with van der Waals surface area (Å²) in [6.07, 6.45) is 0.460. The Balaban J connectivity index is 1.93. The van der Waals surface area contributed by atoms with Crippen LogP contribution in [0.3, 0.4) is 0 Å². The number of nitrogens with zero attached hydrogens (tertiary/aromatic N) is 2. The number of nitrogens with one attached hydrogen (secondary N) is 2. The van der Waals surface area contributed by atoms with Gasteiger partial charge in [0, 0.05) is 35.8 Å². The first-order valence-corrected chi connectivity index (χ1v) is 10.8. The van der Waals surface area contributed by atoms with Gasteiger partial charge in [0.2, 0.25) is 0 Å². The first-order valence-electron chi connectivity index (χ1n) is 9.98. The lowest BCUT2D eigenvalue weighted by molar-refractivity contribution is 0.0582. The van der Waals surface area contributed by atoms with Crippen molar-refractivity contribution in [2.24, 2.45) is 4.99 Å². The van der Waals surface area contributed by atoms with E-state index in [-0.39, 0.29) is 6.10 Å². The molecule has 3 N–H and O–H groups in total. The maximum Gasteiger partial charge on any atom is 0.191 e. The second-order valence-electron chi connectivity index (χ2n) is 6.97. The molecule has 28 heavy (non-hydrogen) atoms. The molecule has 0 bridgehead atoms. The molecule has 0 fully saturated rings. The number of guanidine groups is 1. The van der Waals surface area contributed by atoms with Gasteiger partial charge >= 0.3 is 0 Å². The fourth-order valence-electron chi connectivity index (χ4n) is 2.86. The summed E-state index contributed by atoms with van der Waals surface area (Å²) in [7, 11) is 4.13. The molecular weight excluding hydrogens is 372 g/mol. The third-order valence-electron chi connectivity index (χ3n) is 4.33. The summed E-state index contributed by atoms with van der Waals surface area (Å²) in [4.78, 5) is 7.78. The van der Waals surface area contributed by atoms with Crippen LogP contribution in [0.15, 0.2) is 35.3 Å². The molecule has 0 saturated heterocycles. The van der Waals surface area contributed by atoms with Gasteiger partial charge in [0.25, 0.3) is 0 Å². The van der Waals surface area contributed by atoms with Crippen molar-refractivity contribution in [1.82, 2.24) is 15.5 Å². The second-order valence-corrected chi connectivity index (χ2v) is 8.09. The highest BCUT2D eigenvalue weighted by Gasteiger charge is 2.13. The third-order valence-corrected chi connectivity index (χ3v) is 5.55. The Bertz CT molecular complexity index is 699. The van der Waals surface area contributed by atoms with Crippen molar-refractivity contribution in [3.63, 3.8) is 0 Å². The molecule has 2 aromatic rings. The Morgan fingerprint density at radius 3 is 2.71 bits per heavy atom. The molecule has 0 radical (unpaired) electrons. The third kappa shape index (κ3) is 7.39. The highest BCUT2D eigenvalue weighted by molar-refractivity contribution is 7.19. The number of hydrogen-bond acceptors (Lipinski definition) is 5. The van der Waals surface area contributed by atoms with E-state index >= 15 is 0 Å². The Kier molecular flexibility index (Phi) is 9.70. The van der Waals surface area contributed by atoms with Crippen LogP contribution in [0.1, 0.15) is 31.2 Å². The van der Waals surface area contributed by atoms with E-state index in [2.05, 4.69) is 52.8 Å². The molecule has 2 atom stereocenters. The Labute approximate surface area is 172 Å². The van der Waals surface area contributed by atoms with Crippen molar-refractivity contribution in [1.29, 1.82) is 0 Å². The van der Waals surface area contributed by atoms with Gasteiger partial charge in [-0.25, -0.2) is 0 Å². The average molecular weight is 407 g/mol. The highest BCUT2D eigenvalue weighted by Crippen LogP contribution is 2.29. The molecule has 1 aromatic carbocycles. The molecule has 1 heterocycles. The molecule has 0 aliphatic rings. The van der Waals surface area contributed by atoms with Crippen molar-refractivity contribution in [2.75, 3.05) is 46.9 Å². The van der Waals surface area contributed by atoms with E-state index in [0.29, 0.717) is 25.7 Å². The molecule has 0 spiro atoms. The molecule has 0 aliphatic carbocycles. The number of rotatable bonds is 11. The van der Waals surface area contributed by atoms with Crippen LogP contribution in [0.4, 0.5) is 0 Å². The van der Waals surface area contributed by atoms with E-state index in [0.717, 1.165) is 24.4 Å². The minimum atomic E-state index is -0.572. The quantitative estimate of drug-likeness (QED) is 0.395. The SMILES string of the molecule is CCNC(=NCC(CCN(C)C)OCC)NCC(O)c1cc2ccccc2s1. The van der Waals surface area contributed by atoms with Crippen LogP contribution in [-0.4, -0.2) is 69.0 Å². The summed E-state index contributed by atoms with van der Waals surface area (Å²) in [6.45, 7) is 7.47. The van der Waals surface area contributed by atoms with E-state index in [1.54, 1.807) is 11.3 Å². The Morgan fingerprint density at radius 2 is 2.04 bits per heavy atom. The van der Waals surface area contributed by atoms with E-state index in [1.165, 1.54) is 10.1 Å². The first-order chi connectivity index (χ1) is 13.5. The van der Waals surface area contributed by atoms with Gasteiger partial charge in [-0.2, -0.15) is 0 Å². The normalized spacial score (nSPS) is 14.4. The molecule has 6 nitrogen and oxygen atoms in total. The van der Waals surface area contributed by atoms with Gasteiger partial charge in [-0.3, -0.25) is 4.99 Å². The van der Waals surface area contributed by atoms with Crippen molar-refractivity contribution in [2.45, 2.75) is 32.5 Å². The Hall–Kier alpha value is -1.67. The zero-order valence-corrected chi connectivity index (χ0v) is 18.3. The van der Waals surface area contributed by atoms with E-state index in [1.807, 2.05) is 26.0 Å². The van der Waals surface area contributed by atoms with Crippen molar-refractivity contribution < 1.29 is 9.84 Å². The number of aliphatic hydroxyl groups is 1. The molecule has 2 rings (SSSR count). The van der Waals surface area contributed by atoms with Crippen LogP contribution in [0.2, 0.25) is 0 Å².